The molecular weight excluding hydrogens is 441 g/mol. The molecule has 2 atom stereocenters. The number of methoxy groups -OCH3 is 1. The molecule has 1 heterocycles. The lowest BCUT2D eigenvalue weighted by Gasteiger charge is -2.30. The summed E-state index contributed by atoms with van der Waals surface area (Å²) in [5.74, 6) is 0.607. The second-order valence-corrected chi connectivity index (χ2v) is 8.56. The Morgan fingerprint density at radius 1 is 0.882 bits per heavy atom. The number of ketones is 1. The van der Waals surface area contributed by atoms with E-state index in [9.17, 15) is 18.0 Å². The number of carbonyl (C=O) groups is 1. The maximum atomic E-state index is 13.5. The molecule has 5 rings (SSSR count). The molecule has 1 aliphatic carbocycles. The van der Waals surface area contributed by atoms with Gasteiger partial charge in [0.05, 0.1) is 30.1 Å². The van der Waals surface area contributed by atoms with Gasteiger partial charge in [0.25, 0.3) is 0 Å². The molecule has 0 radical (unpaired) electrons. The minimum Gasteiger partial charge on any atom is -0.497 e. The third-order valence-corrected chi connectivity index (χ3v) is 6.44. The van der Waals surface area contributed by atoms with E-state index in [4.69, 9.17) is 4.74 Å². The molecule has 0 fully saturated rings. The van der Waals surface area contributed by atoms with Gasteiger partial charge in [0.2, 0.25) is 0 Å². The van der Waals surface area contributed by atoms with Crippen molar-refractivity contribution in [1.29, 1.82) is 0 Å². The van der Waals surface area contributed by atoms with E-state index < -0.39 is 17.8 Å². The number of carbonyl (C=O) groups excluding carboxylic acids is 1. The van der Waals surface area contributed by atoms with Crippen LogP contribution in [0.4, 0.5) is 24.5 Å². The summed E-state index contributed by atoms with van der Waals surface area (Å²) >= 11 is 0. The molecule has 0 spiro atoms. The van der Waals surface area contributed by atoms with Crippen LogP contribution in [0.2, 0.25) is 0 Å². The zero-order chi connectivity index (χ0) is 23.9. The molecule has 7 heteroatoms. The van der Waals surface area contributed by atoms with Gasteiger partial charge in [0.15, 0.2) is 5.78 Å². The van der Waals surface area contributed by atoms with E-state index in [-0.39, 0.29) is 18.1 Å². The number of alkyl halides is 3. The molecule has 0 saturated heterocycles. The third-order valence-electron chi connectivity index (χ3n) is 6.44. The van der Waals surface area contributed by atoms with Gasteiger partial charge >= 0.3 is 6.18 Å². The summed E-state index contributed by atoms with van der Waals surface area (Å²) in [6, 6.07) is 19.6. The van der Waals surface area contributed by atoms with Gasteiger partial charge < -0.3 is 15.4 Å². The molecule has 174 valence electrons. The first-order valence-corrected chi connectivity index (χ1v) is 11.0. The number of allylic oxidation sites excluding steroid dienone is 1. The first-order valence-electron chi connectivity index (χ1n) is 11.0. The van der Waals surface area contributed by atoms with Gasteiger partial charge in [0.1, 0.15) is 5.75 Å². The van der Waals surface area contributed by atoms with Gasteiger partial charge in [-0.05, 0) is 59.9 Å². The van der Waals surface area contributed by atoms with Crippen molar-refractivity contribution in [1.82, 2.24) is 0 Å². The Bertz CT molecular complexity index is 1270. The van der Waals surface area contributed by atoms with Gasteiger partial charge in [-0.25, -0.2) is 0 Å². The average molecular weight is 464 g/mol. The average Bonchev–Trinajstić information content (AvgIpc) is 3.00. The summed E-state index contributed by atoms with van der Waals surface area (Å²) in [6.45, 7) is 0. The fourth-order valence-corrected chi connectivity index (χ4v) is 4.75. The van der Waals surface area contributed by atoms with Crippen LogP contribution >= 0.6 is 0 Å². The zero-order valence-electron chi connectivity index (χ0n) is 18.4. The van der Waals surface area contributed by atoms with Gasteiger partial charge in [-0.3, -0.25) is 4.79 Å². The van der Waals surface area contributed by atoms with Gasteiger partial charge in [-0.2, -0.15) is 13.2 Å². The highest BCUT2D eigenvalue weighted by molar-refractivity contribution is 6.01. The molecule has 0 saturated carbocycles. The number of anilines is 2. The van der Waals surface area contributed by atoms with E-state index in [2.05, 4.69) is 10.6 Å². The Morgan fingerprint density at radius 3 is 2.32 bits per heavy atom. The summed E-state index contributed by atoms with van der Waals surface area (Å²) in [6.07, 6.45) is -3.62. The SMILES string of the molecule is COc1ccc([C@@H]2CC(=O)C3=C(C2)Nc2ccccc2N[C@@H]3c2cccc(C(F)(F)F)c2)cc1. The summed E-state index contributed by atoms with van der Waals surface area (Å²) < 4.78 is 45.5. The third kappa shape index (κ3) is 4.14. The second kappa shape index (κ2) is 8.56. The fourth-order valence-electron chi connectivity index (χ4n) is 4.75. The highest BCUT2D eigenvalue weighted by Crippen LogP contribution is 2.45. The monoisotopic (exact) mass is 464 g/mol. The second-order valence-electron chi connectivity index (χ2n) is 8.56. The number of fused-ring (bicyclic) bond motifs is 1. The van der Waals surface area contributed by atoms with Crippen molar-refractivity contribution in [2.24, 2.45) is 0 Å². The van der Waals surface area contributed by atoms with Crippen molar-refractivity contribution in [3.05, 3.63) is 101 Å². The van der Waals surface area contributed by atoms with Crippen molar-refractivity contribution in [3.63, 3.8) is 0 Å². The smallest absolute Gasteiger partial charge is 0.416 e. The van der Waals surface area contributed by atoms with Crippen LogP contribution in [-0.4, -0.2) is 12.9 Å². The molecule has 2 aliphatic rings. The van der Waals surface area contributed by atoms with Crippen molar-refractivity contribution >= 4 is 17.2 Å². The minimum absolute atomic E-state index is 0.0444. The number of hydrogen-bond acceptors (Lipinski definition) is 4. The van der Waals surface area contributed by atoms with Crippen LogP contribution in [0.5, 0.6) is 5.75 Å². The summed E-state index contributed by atoms with van der Waals surface area (Å²) in [7, 11) is 1.60. The number of Topliss-reactive ketones (excluding diaryl/α,β-unsaturated/α-hetero) is 1. The maximum Gasteiger partial charge on any atom is 0.416 e. The highest BCUT2D eigenvalue weighted by atomic mass is 19.4. The van der Waals surface area contributed by atoms with Gasteiger partial charge in [-0.1, -0.05) is 36.4 Å². The van der Waals surface area contributed by atoms with Crippen molar-refractivity contribution in [3.8, 4) is 5.75 Å². The van der Waals surface area contributed by atoms with Crippen LogP contribution in [0.15, 0.2) is 84.1 Å². The zero-order valence-corrected chi connectivity index (χ0v) is 18.4. The van der Waals surface area contributed by atoms with Crippen LogP contribution in [0.1, 0.15) is 41.5 Å². The largest absolute Gasteiger partial charge is 0.497 e. The van der Waals surface area contributed by atoms with Crippen molar-refractivity contribution in [2.45, 2.75) is 31.0 Å². The number of para-hydroxylation sites is 2. The molecule has 0 aromatic heterocycles. The van der Waals surface area contributed by atoms with Crippen LogP contribution in [0.25, 0.3) is 0 Å². The normalized spacial score (nSPS) is 19.9. The molecular formula is C27H23F3N2O2. The summed E-state index contributed by atoms with van der Waals surface area (Å²) in [5.41, 5.74) is 3.41. The van der Waals surface area contributed by atoms with Crippen LogP contribution in [0, 0.1) is 0 Å². The predicted octanol–water partition coefficient (Wildman–Crippen LogP) is 6.69. The lowest BCUT2D eigenvalue weighted by Crippen LogP contribution is -2.27. The first-order chi connectivity index (χ1) is 16.3. The number of nitrogens with one attached hydrogen (secondary N) is 2. The molecule has 3 aromatic rings. The van der Waals surface area contributed by atoms with Crippen LogP contribution in [0.3, 0.4) is 0 Å². The number of ether oxygens (including phenoxy) is 1. The standard InChI is InChI=1S/C27H23F3N2O2/c1-34-20-11-9-16(10-12-20)18-14-23-25(24(33)15-18)26(32-22-8-3-2-7-21(22)31-23)17-5-4-6-19(13-17)27(28,29)30/h2-13,18,26,31-32H,14-15H2,1H3/t18-,26+/m0/s1. The summed E-state index contributed by atoms with van der Waals surface area (Å²) in [5, 5.41) is 6.74. The quantitative estimate of drug-likeness (QED) is 0.453. The predicted molar refractivity (Wildman–Crippen MR) is 125 cm³/mol. The van der Waals surface area contributed by atoms with E-state index in [1.54, 1.807) is 13.2 Å². The number of hydrogen-bond donors (Lipinski definition) is 2. The Kier molecular flexibility index (Phi) is 5.55. The van der Waals surface area contributed by atoms with Gasteiger partial charge in [0, 0.05) is 17.7 Å². The van der Waals surface area contributed by atoms with E-state index >= 15 is 0 Å². The van der Waals surface area contributed by atoms with E-state index in [0.29, 0.717) is 17.6 Å². The maximum absolute atomic E-state index is 13.5. The van der Waals surface area contributed by atoms with E-state index in [0.717, 1.165) is 40.5 Å². The molecule has 0 unspecified atom stereocenters. The minimum atomic E-state index is -4.47. The summed E-state index contributed by atoms with van der Waals surface area (Å²) in [4.78, 5) is 13.5. The molecule has 4 nitrogen and oxygen atoms in total. The molecule has 34 heavy (non-hydrogen) atoms. The topological polar surface area (TPSA) is 50.4 Å². The molecule has 0 amide bonds. The lowest BCUT2D eigenvalue weighted by atomic mass is 9.78. The van der Waals surface area contributed by atoms with E-state index in [1.807, 2.05) is 48.5 Å². The Morgan fingerprint density at radius 2 is 1.62 bits per heavy atom. The number of rotatable bonds is 3. The molecule has 3 aromatic carbocycles. The lowest BCUT2D eigenvalue weighted by molar-refractivity contribution is -0.137. The van der Waals surface area contributed by atoms with E-state index in [1.165, 1.54) is 6.07 Å². The van der Waals surface area contributed by atoms with Crippen LogP contribution in [-0.2, 0) is 11.0 Å². The Hall–Kier alpha value is -3.74. The molecule has 1 aliphatic heterocycles. The fraction of sp³-hybridized carbons (Fsp3) is 0.222. The first kappa shape index (κ1) is 22.1. The Labute approximate surface area is 195 Å². The van der Waals surface area contributed by atoms with Crippen molar-refractivity contribution in [2.75, 3.05) is 17.7 Å². The van der Waals surface area contributed by atoms with Gasteiger partial charge in [-0.15, -0.1) is 0 Å². The van der Waals surface area contributed by atoms with Crippen LogP contribution < -0.4 is 15.4 Å². The van der Waals surface area contributed by atoms with Crippen molar-refractivity contribution < 1.29 is 22.7 Å². The number of benzene rings is 3. The molecule has 2 N–H and O–H groups in total. The Balaban J connectivity index is 1.59. The highest BCUT2D eigenvalue weighted by Gasteiger charge is 2.37. The molecule has 0 bridgehead atoms. The number of halogens is 3.